The smallest absolute Gasteiger partial charge is 0.176 e. The summed E-state index contributed by atoms with van der Waals surface area (Å²) in [5, 5.41) is 0. The molecule has 0 bridgehead atoms. The average Bonchev–Trinajstić information content (AvgIpc) is 2.33. The minimum atomic E-state index is -2.15. The number of halogens is 3. The van der Waals surface area contributed by atoms with Gasteiger partial charge in [0.2, 0.25) is 0 Å². The molecular formula is C11H11F3O. The summed E-state index contributed by atoms with van der Waals surface area (Å²) in [6, 6.07) is 7.62. The Hall–Kier alpha value is -1.32. The van der Waals surface area contributed by atoms with Crippen LogP contribution in [0, 0.1) is 5.41 Å². The van der Waals surface area contributed by atoms with Gasteiger partial charge in [-0.3, -0.25) is 4.79 Å². The first-order valence-corrected chi connectivity index (χ1v) is 4.48. The summed E-state index contributed by atoms with van der Waals surface area (Å²) in [6.07, 6.45) is 0. The highest BCUT2D eigenvalue weighted by atomic mass is 19.1. The fraction of sp³-hybridized carbons (Fsp3) is 0.364. The Morgan fingerprint density at radius 2 is 1.47 bits per heavy atom. The van der Waals surface area contributed by atoms with Gasteiger partial charge >= 0.3 is 0 Å². The first-order valence-electron chi connectivity index (χ1n) is 4.48. The molecule has 0 unspecified atom stereocenters. The van der Waals surface area contributed by atoms with Crippen LogP contribution in [0.2, 0.25) is 0 Å². The Morgan fingerprint density at radius 1 is 1.00 bits per heavy atom. The highest BCUT2D eigenvalue weighted by Gasteiger charge is 2.39. The monoisotopic (exact) mass is 216 g/mol. The number of hydrogen-bond donors (Lipinski definition) is 0. The van der Waals surface area contributed by atoms with E-state index in [1.54, 1.807) is 18.2 Å². The zero-order valence-corrected chi connectivity index (χ0v) is 8.05. The summed E-state index contributed by atoms with van der Waals surface area (Å²) in [5.74, 6) is -0.824. The minimum Gasteiger partial charge on any atom is -0.293 e. The third-order valence-electron chi connectivity index (χ3n) is 2.29. The standard InChI is InChI=1S/C11H11F3O/c12-6-11(7-13,8-14)10(15)9-4-2-1-3-5-9/h1-5H,6-8H2. The molecule has 0 N–H and O–H groups in total. The van der Waals surface area contributed by atoms with Crippen molar-refractivity contribution >= 4 is 5.78 Å². The maximum atomic E-state index is 12.5. The predicted molar refractivity (Wildman–Crippen MR) is 51.1 cm³/mol. The number of alkyl halides is 3. The van der Waals surface area contributed by atoms with Crippen LogP contribution in [-0.4, -0.2) is 25.8 Å². The lowest BCUT2D eigenvalue weighted by atomic mass is 9.84. The molecule has 1 aromatic rings. The van der Waals surface area contributed by atoms with Crippen LogP contribution in [0.4, 0.5) is 13.2 Å². The molecule has 4 heteroatoms. The molecule has 0 fully saturated rings. The van der Waals surface area contributed by atoms with Gasteiger partial charge in [-0.05, 0) is 0 Å². The molecule has 82 valence electrons. The van der Waals surface area contributed by atoms with Gasteiger partial charge in [0, 0.05) is 5.56 Å². The third kappa shape index (κ3) is 2.19. The van der Waals surface area contributed by atoms with Gasteiger partial charge in [-0.15, -0.1) is 0 Å². The summed E-state index contributed by atoms with van der Waals surface area (Å²) in [5.41, 5.74) is -2.02. The molecule has 0 aliphatic heterocycles. The van der Waals surface area contributed by atoms with Crippen molar-refractivity contribution < 1.29 is 18.0 Å². The number of ketones is 1. The molecule has 0 amide bonds. The van der Waals surface area contributed by atoms with E-state index in [0.29, 0.717) is 0 Å². The van der Waals surface area contributed by atoms with Gasteiger partial charge in [0.1, 0.15) is 25.4 Å². The first kappa shape index (κ1) is 11.8. The summed E-state index contributed by atoms with van der Waals surface area (Å²) < 4.78 is 37.6. The summed E-state index contributed by atoms with van der Waals surface area (Å²) >= 11 is 0. The van der Waals surface area contributed by atoms with Crippen molar-refractivity contribution in [1.82, 2.24) is 0 Å². The minimum absolute atomic E-state index is 0.130. The van der Waals surface area contributed by atoms with Crippen molar-refractivity contribution in [2.45, 2.75) is 0 Å². The zero-order valence-electron chi connectivity index (χ0n) is 8.05. The lowest BCUT2D eigenvalue weighted by molar-refractivity contribution is 0.0599. The van der Waals surface area contributed by atoms with Crippen LogP contribution in [0.25, 0.3) is 0 Å². The Kier molecular flexibility index (Phi) is 3.88. The van der Waals surface area contributed by atoms with Gasteiger partial charge in [0.25, 0.3) is 0 Å². The molecule has 0 saturated carbocycles. The van der Waals surface area contributed by atoms with Crippen LogP contribution in [-0.2, 0) is 0 Å². The number of hydrogen-bond acceptors (Lipinski definition) is 1. The lowest BCUT2D eigenvalue weighted by Crippen LogP contribution is -2.38. The molecule has 0 saturated heterocycles. The van der Waals surface area contributed by atoms with Crippen LogP contribution in [0.15, 0.2) is 30.3 Å². The molecule has 15 heavy (non-hydrogen) atoms. The predicted octanol–water partition coefficient (Wildman–Crippen LogP) is 2.76. The fourth-order valence-corrected chi connectivity index (χ4v) is 1.18. The van der Waals surface area contributed by atoms with Crippen molar-refractivity contribution in [3.8, 4) is 0 Å². The van der Waals surface area contributed by atoms with Crippen molar-refractivity contribution in [2.24, 2.45) is 5.41 Å². The van der Waals surface area contributed by atoms with Crippen molar-refractivity contribution in [3.63, 3.8) is 0 Å². The van der Waals surface area contributed by atoms with Gasteiger partial charge in [-0.25, -0.2) is 13.2 Å². The Labute approximate surface area is 85.9 Å². The Balaban J connectivity index is 3.01. The van der Waals surface area contributed by atoms with Gasteiger partial charge in [-0.2, -0.15) is 0 Å². The van der Waals surface area contributed by atoms with E-state index in [9.17, 15) is 18.0 Å². The van der Waals surface area contributed by atoms with E-state index in [2.05, 4.69) is 0 Å². The van der Waals surface area contributed by atoms with Gasteiger partial charge in [-0.1, -0.05) is 30.3 Å². The molecule has 0 radical (unpaired) electrons. The van der Waals surface area contributed by atoms with Crippen LogP contribution in [0.1, 0.15) is 10.4 Å². The average molecular weight is 216 g/mol. The SMILES string of the molecule is O=C(c1ccccc1)C(CF)(CF)CF. The van der Waals surface area contributed by atoms with Crippen LogP contribution in [0.3, 0.4) is 0 Å². The molecule has 1 rings (SSSR count). The summed E-state index contributed by atoms with van der Waals surface area (Å²) in [6.45, 7) is -3.98. The largest absolute Gasteiger partial charge is 0.293 e. The van der Waals surface area contributed by atoms with E-state index in [0.717, 1.165) is 0 Å². The Morgan fingerprint density at radius 3 is 1.87 bits per heavy atom. The zero-order chi connectivity index (χ0) is 11.3. The molecule has 1 nitrogen and oxygen atoms in total. The van der Waals surface area contributed by atoms with Crippen LogP contribution in [0.5, 0.6) is 0 Å². The van der Waals surface area contributed by atoms with E-state index in [1.807, 2.05) is 0 Å². The number of carbonyl (C=O) groups excluding carboxylic acids is 1. The maximum Gasteiger partial charge on any atom is 0.176 e. The molecule has 0 aliphatic carbocycles. The van der Waals surface area contributed by atoms with Crippen LogP contribution >= 0.6 is 0 Å². The van der Waals surface area contributed by atoms with E-state index in [1.165, 1.54) is 12.1 Å². The first-order chi connectivity index (χ1) is 7.20. The highest BCUT2D eigenvalue weighted by Crippen LogP contribution is 2.25. The maximum absolute atomic E-state index is 12.5. The number of Topliss-reactive ketones (excluding diaryl/α,β-unsaturated/α-hetero) is 1. The molecule has 0 heterocycles. The van der Waals surface area contributed by atoms with Gasteiger partial charge in [0.15, 0.2) is 5.78 Å². The molecule has 0 atom stereocenters. The molecule has 0 aromatic heterocycles. The van der Waals surface area contributed by atoms with Crippen LogP contribution < -0.4 is 0 Å². The van der Waals surface area contributed by atoms with E-state index >= 15 is 0 Å². The van der Waals surface area contributed by atoms with E-state index < -0.39 is 31.2 Å². The van der Waals surface area contributed by atoms with Crippen molar-refractivity contribution in [1.29, 1.82) is 0 Å². The van der Waals surface area contributed by atoms with Gasteiger partial charge < -0.3 is 0 Å². The normalized spacial score (nSPS) is 11.4. The van der Waals surface area contributed by atoms with Crippen molar-refractivity contribution in [2.75, 3.05) is 20.0 Å². The molecule has 1 aromatic carbocycles. The summed E-state index contributed by atoms with van der Waals surface area (Å²) in [4.78, 5) is 11.6. The second-order valence-corrected chi connectivity index (χ2v) is 3.38. The number of rotatable bonds is 5. The van der Waals surface area contributed by atoms with E-state index in [-0.39, 0.29) is 5.56 Å². The quantitative estimate of drug-likeness (QED) is 0.691. The second kappa shape index (κ2) is 4.96. The second-order valence-electron chi connectivity index (χ2n) is 3.38. The topological polar surface area (TPSA) is 17.1 Å². The molecule has 0 aliphatic rings. The third-order valence-corrected chi connectivity index (χ3v) is 2.29. The van der Waals surface area contributed by atoms with E-state index in [4.69, 9.17) is 0 Å². The summed E-state index contributed by atoms with van der Waals surface area (Å²) in [7, 11) is 0. The van der Waals surface area contributed by atoms with Crippen molar-refractivity contribution in [3.05, 3.63) is 35.9 Å². The highest BCUT2D eigenvalue weighted by molar-refractivity contribution is 6.00. The molecule has 0 spiro atoms. The van der Waals surface area contributed by atoms with Gasteiger partial charge in [0.05, 0.1) is 0 Å². The molecular weight excluding hydrogens is 205 g/mol. The Bertz CT molecular complexity index is 312. The fourth-order valence-electron chi connectivity index (χ4n) is 1.18. The lowest BCUT2D eigenvalue weighted by Gasteiger charge is -2.22. The number of benzene rings is 1. The number of carbonyl (C=O) groups is 1.